The quantitative estimate of drug-likeness (QED) is 0.732. The summed E-state index contributed by atoms with van der Waals surface area (Å²) in [6.07, 6.45) is 1.83. The SMILES string of the molecule is O=C(CN1CCN(Cc2ccccn2)CC1)Nc1cccc(I)c1. The van der Waals surface area contributed by atoms with Crippen LogP contribution in [0.4, 0.5) is 5.69 Å². The number of nitrogens with one attached hydrogen (secondary N) is 1. The van der Waals surface area contributed by atoms with E-state index in [2.05, 4.69) is 48.8 Å². The van der Waals surface area contributed by atoms with Crippen LogP contribution in [0.3, 0.4) is 0 Å². The molecule has 1 aliphatic rings. The summed E-state index contributed by atoms with van der Waals surface area (Å²) < 4.78 is 1.12. The molecule has 1 aliphatic heterocycles. The number of anilines is 1. The Kier molecular flexibility index (Phi) is 6.17. The Morgan fingerprint density at radius 3 is 2.58 bits per heavy atom. The third-order valence-corrected chi connectivity index (χ3v) is 4.72. The van der Waals surface area contributed by atoms with Gasteiger partial charge in [-0.2, -0.15) is 0 Å². The van der Waals surface area contributed by atoms with Crippen molar-refractivity contribution in [2.24, 2.45) is 0 Å². The maximum absolute atomic E-state index is 12.2. The molecule has 1 aromatic carbocycles. The summed E-state index contributed by atoms with van der Waals surface area (Å²) in [5.74, 6) is 0.0511. The van der Waals surface area contributed by atoms with Gasteiger partial charge < -0.3 is 5.32 Å². The molecule has 3 rings (SSSR count). The monoisotopic (exact) mass is 436 g/mol. The zero-order valence-corrected chi connectivity index (χ0v) is 15.6. The van der Waals surface area contributed by atoms with Crippen LogP contribution in [0, 0.1) is 3.57 Å². The smallest absolute Gasteiger partial charge is 0.238 e. The summed E-state index contributed by atoms with van der Waals surface area (Å²) in [7, 11) is 0. The first-order chi connectivity index (χ1) is 11.7. The van der Waals surface area contributed by atoms with Gasteiger partial charge in [0.05, 0.1) is 12.2 Å². The lowest BCUT2D eigenvalue weighted by Gasteiger charge is -2.34. The number of halogens is 1. The number of pyridine rings is 1. The Labute approximate surface area is 156 Å². The van der Waals surface area contributed by atoms with Crippen molar-refractivity contribution >= 4 is 34.2 Å². The second-order valence-electron chi connectivity index (χ2n) is 5.93. The van der Waals surface area contributed by atoms with E-state index in [1.54, 1.807) is 0 Å². The third kappa shape index (κ3) is 5.25. The Bertz CT molecular complexity index is 672. The molecule has 1 fully saturated rings. The fraction of sp³-hybridized carbons (Fsp3) is 0.333. The van der Waals surface area contributed by atoms with Crippen molar-refractivity contribution in [1.82, 2.24) is 14.8 Å². The zero-order chi connectivity index (χ0) is 16.8. The normalized spacial score (nSPS) is 16.0. The first-order valence-corrected chi connectivity index (χ1v) is 9.17. The molecule has 1 saturated heterocycles. The second-order valence-corrected chi connectivity index (χ2v) is 7.18. The van der Waals surface area contributed by atoms with Crippen molar-refractivity contribution in [3.63, 3.8) is 0 Å². The molecule has 126 valence electrons. The molecule has 1 N–H and O–H groups in total. The van der Waals surface area contributed by atoms with E-state index in [4.69, 9.17) is 0 Å². The summed E-state index contributed by atoms with van der Waals surface area (Å²) >= 11 is 2.25. The predicted octanol–water partition coefficient (Wildman–Crippen LogP) is 2.44. The number of piperazine rings is 1. The summed E-state index contributed by atoms with van der Waals surface area (Å²) in [6, 6.07) is 13.9. The van der Waals surface area contributed by atoms with Gasteiger partial charge in [0.15, 0.2) is 0 Å². The molecule has 0 atom stereocenters. The summed E-state index contributed by atoms with van der Waals surface area (Å²) in [5, 5.41) is 2.97. The molecule has 0 bridgehead atoms. The molecule has 2 heterocycles. The van der Waals surface area contributed by atoms with Crippen LogP contribution >= 0.6 is 22.6 Å². The summed E-state index contributed by atoms with van der Waals surface area (Å²) in [4.78, 5) is 21.2. The molecule has 1 amide bonds. The number of benzene rings is 1. The van der Waals surface area contributed by atoms with Gasteiger partial charge in [0, 0.05) is 48.2 Å². The van der Waals surface area contributed by atoms with Gasteiger partial charge in [-0.3, -0.25) is 19.6 Å². The van der Waals surface area contributed by atoms with Crippen LogP contribution in [-0.4, -0.2) is 53.4 Å². The van der Waals surface area contributed by atoms with Crippen molar-refractivity contribution in [3.8, 4) is 0 Å². The number of aromatic nitrogens is 1. The Morgan fingerprint density at radius 2 is 1.88 bits per heavy atom. The molecular weight excluding hydrogens is 415 g/mol. The van der Waals surface area contributed by atoms with E-state index in [1.807, 2.05) is 42.6 Å². The maximum Gasteiger partial charge on any atom is 0.238 e. The molecule has 24 heavy (non-hydrogen) atoms. The maximum atomic E-state index is 12.2. The molecular formula is C18H21IN4O. The van der Waals surface area contributed by atoms with Crippen LogP contribution < -0.4 is 5.32 Å². The molecule has 0 radical (unpaired) electrons. The molecule has 0 aliphatic carbocycles. The number of hydrogen-bond acceptors (Lipinski definition) is 4. The lowest BCUT2D eigenvalue weighted by molar-refractivity contribution is -0.117. The standard InChI is InChI=1S/C18H21IN4O/c19-15-4-3-6-16(12-15)21-18(24)14-23-10-8-22(9-11-23)13-17-5-1-2-7-20-17/h1-7,12H,8-11,13-14H2,(H,21,24). The molecule has 0 spiro atoms. The van der Waals surface area contributed by atoms with Crippen LogP contribution in [0.15, 0.2) is 48.7 Å². The molecule has 5 nitrogen and oxygen atoms in total. The van der Waals surface area contributed by atoms with Gasteiger partial charge in [0.25, 0.3) is 0 Å². The molecule has 2 aromatic rings. The number of carbonyl (C=O) groups is 1. The van der Waals surface area contributed by atoms with Gasteiger partial charge >= 0.3 is 0 Å². The van der Waals surface area contributed by atoms with Crippen LogP contribution in [0.2, 0.25) is 0 Å². The van der Waals surface area contributed by atoms with E-state index in [1.165, 1.54) is 0 Å². The fourth-order valence-corrected chi connectivity index (χ4v) is 3.34. The summed E-state index contributed by atoms with van der Waals surface area (Å²) in [5.41, 5.74) is 1.96. The molecule has 1 aromatic heterocycles. The highest BCUT2D eigenvalue weighted by atomic mass is 127. The average Bonchev–Trinajstić information content (AvgIpc) is 2.57. The van der Waals surface area contributed by atoms with Gasteiger partial charge in [-0.05, 0) is 52.9 Å². The molecule has 0 saturated carbocycles. The number of nitrogens with zero attached hydrogens (tertiary/aromatic N) is 3. The average molecular weight is 436 g/mol. The second kappa shape index (κ2) is 8.55. The minimum Gasteiger partial charge on any atom is -0.325 e. The van der Waals surface area contributed by atoms with Crippen molar-refractivity contribution in [2.45, 2.75) is 6.54 Å². The Morgan fingerprint density at radius 1 is 1.08 bits per heavy atom. The van der Waals surface area contributed by atoms with E-state index >= 15 is 0 Å². The van der Waals surface area contributed by atoms with Crippen molar-refractivity contribution in [1.29, 1.82) is 0 Å². The first kappa shape index (κ1) is 17.3. The number of carbonyl (C=O) groups excluding carboxylic acids is 1. The van der Waals surface area contributed by atoms with Crippen LogP contribution in [0.5, 0.6) is 0 Å². The lowest BCUT2D eigenvalue weighted by Crippen LogP contribution is -2.48. The van der Waals surface area contributed by atoms with Gasteiger partial charge in [0.1, 0.15) is 0 Å². The zero-order valence-electron chi connectivity index (χ0n) is 13.5. The topological polar surface area (TPSA) is 48.5 Å². The lowest BCUT2D eigenvalue weighted by atomic mass is 10.2. The van der Waals surface area contributed by atoms with Gasteiger partial charge in [-0.15, -0.1) is 0 Å². The highest BCUT2D eigenvalue weighted by molar-refractivity contribution is 14.1. The van der Waals surface area contributed by atoms with Gasteiger partial charge in [-0.1, -0.05) is 12.1 Å². The molecule has 0 unspecified atom stereocenters. The Balaban J connectivity index is 1.42. The van der Waals surface area contributed by atoms with Crippen molar-refractivity contribution in [3.05, 3.63) is 57.9 Å². The third-order valence-electron chi connectivity index (χ3n) is 4.05. The van der Waals surface area contributed by atoms with E-state index < -0.39 is 0 Å². The fourth-order valence-electron chi connectivity index (χ4n) is 2.80. The minimum absolute atomic E-state index is 0.0511. The van der Waals surface area contributed by atoms with E-state index in [0.717, 1.165) is 47.7 Å². The highest BCUT2D eigenvalue weighted by Crippen LogP contribution is 2.12. The predicted molar refractivity (Wildman–Crippen MR) is 104 cm³/mol. The number of hydrogen-bond donors (Lipinski definition) is 1. The van der Waals surface area contributed by atoms with Crippen LogP contribution in [-0.2, 0) is 11.3 Å². The number of rotatable bonds is 5. The van der Waals surface area contributed by atoms with E-state index in [0.29, 0.717) is 6.54 Å². The Hall–Kier alpha value is -1.51. The van der Waals surface area contributed by atoms with E-state index in [9.17, 15) is 4.79 Å². The van der Waals surface area contributed by atoms with Crippen molar-refractivity contribution < 1.29 is 4.79 Å². The van der Waals surface area contributed by atoms with Crippen LogP contribution in [0.1, 0.15) is 5.69 Å². The molecule has 6 heteroatoms. The highest BCUT2D eigenvalue weighted by Gasteiger charge is 2.19. The largest absolute Gasteiger partial charge is 0.325 e. The summed E-state index contributed by atoms with van der Waals surface area (Å²) in [6.45, 7) is 5.07. The van der Waals surface area contributed by atoms with Crippen molar-refractivity contribution in [2.75, 3.05) is 38.0 Å². The van der Waals surface area contributed by atoms with E-state index in [-0.39, 0.29) is 5.91 Å². The van der Waals surface area contributed by atoms with Gasteiger partial charge in [-0.25, -0.2) is 0 Å². The minimum atomic E-state index is 0.0511. The first-order valence-electron chi connectivity index (χ1n) is 8.09. The van der Waals surface area contributed by atoms with Crippen LogP contribution in [0.25, 0.3) is 0 Å². The van der Waals surface area contributed by atoms with Gasteiger partial charge in [0.2, 0.25) is 5.91 Å². The number of amides is 1.